The first-order valence-corrected chi connectivity index (χ1v) is 12.6. The Hall–Kier alpha value is -2.76. The second-order valence-electron chi connectivity index (χ2n) is 8.24. The van der Waals surface area contributed by atoms with E-state index in [2.05, 4.69) is 15.1 Å². The van der Waals surface area contributed by atoms with E-state index >= 15 is 0 Å². The van der Waals surface area contributed by atoms with Gasteiger partial charge in [-0.15, -0.1) is 5.10 Å². The lowest BCUT2D eigenvalue weighted by Gasteiger charge is -2.18. The third-order valence-electron chi connectivity index (χ3n) is 6.05. The van der Waals surface area contributed by atoms with Crippen LogP contribution in [0, 0.1) is 6.92 Å². The minimum absolute atomic E-state index is 0.0116. The first kappa shape index (κ1) is 23.4. The number of sulfonamides is 1. The maximum atomic E-state index is 13.0. The number of likely N-dealkylation sites (N-methyl/N-ethyl adjacent to an activating group) is 1. The van der Waals surface area contributed by atoms with Gasteiger partial charge >= 0.3 is 0 Å². The Morgan fingerprint density at radius 3 is 2.70 bits per heavy atom. The summed E-state index contributed by atoms with van der Waals surface area (Å²) in [4.78, 5) is 20.5. The molecule has 4 rings (SSSR count). The van der Waals surface area contributed by atoms with Crippen molar-refractivity contribution in [3.05, 3.63) is 40.1 Å². The van der Waals surface area contributed by atoms with Gasteiger partial charge in [-0.25, -0.2) is 17.9 Å². The van der Waals surface area contributed by atoms with Crippen LogP contribution in [0.2, 0.25) is 0 Å². The van der Waals surface area contributed by atoms with Gasteiger partial charge in [0, 0.05) is 19.5 Å². The quantitative estimate of drug-likeness (QED) is 0.510. The van der Waals surface area contributed by atoms with Crippen LogP contribution >= 0.6 is 0 Å². The molecule has 0 unspecified atom stereocenters. The van der Waals surface area contributed by atoms with Gasteiger partial charge in [-0.3, -0.25) is 4.79 Å². The highest BCUT2D eigenvalue weighted by Crippen LogP contribution is 2.35. The molecule has 1 aliphatic carbocycles. The molecule has 1 aromatic carbocycles. The van der Waals surface area contributed by atoms with E-state index in [4.69, 9.17) is 9.84 Å². The zero-order chi connectivity index (χ0) is 23.8. The molecule has 10 nitrogen and oxygen atoms in total. The number of hydrogen-bond acceptors (Lipinski definition) is 7. The highest BCUT2D eigenvalue weighted by molar-refractivity contribution is 7.89. The predicted octanol–water partition coefficient (Wildman–Crippen LogP) is 2.06. The number of imidazole rings is 1. The summed E-state index contributed by atoms with van der Waals surface area (Å²) in [6.45, 7) is 3.63. The number of fused-ring (bicyclic) bond motifs is 1. The third-order valence-corrected chi connectivity index (χ3v) is 7.90. The van der Waals surface area contributed by atoms with E-state index in [1.54, 1.807) is 17.5 Å². The number of H-pyrrole nitrogens is 1. The molecule has 2 N–H and O–H groups in total. The highest BCUT2D eigenvalue weighted by Gasteiger charge is 2.26. The largest absolute Gasteiger partial charge is 0.493 e. The van der Waals surface area contributed by atoms with Gasteiger partial charge in [-0.1, -0.05) is 12.8 Å². The van der Waals surface area contributed by atoms with Crippen LogP contribution in [-0.2, 0) is 10.0 Å². The van der Waals surface area contributed by atoms with Crippen LogP contribution in [0.3, 0.4) is 0 Å². The van der Waals surface area contributed by atoms with E-state index in [1.807, 2.05) is 6.92 Å². The molecular weight excluding hydrogens is 446 g/mol. The van der Waals surface area contributed by atoms with E-state index in [9.17, 15) is 13.2 Å². The lowest BCUT2D eigenvalue weighted by molar-refractivity contribution is 0.266. The molecule has 2 aromatic heterocycles. The number of ether oxygens (including phenoxy) is 1. The van der Waals surface area contributed by atoms with Crippen molar-refractivity contribution >= 4 is 15.5 Å². The van der Waals surface area contributed by atoms with Gasteiger partial charge in [-0.05, 0) is 44.9 Å². The molecular formula is C22H29N5O5S. The van der Waals surface area contributed by atoms with Gasteiger partial charge in [0.25, 0.3) is 5.56 Å². The van der Waals surface area contributed by atoms with Crippen LogP contribution in [0.15, 0.2) is 27.9 Å². The molecule has 0 aliphatic heterocycles. The maximum Gasteiger partial charge on any atom is 0.277 e. The molecule has 0 radical (unpaired) electrons. The number of nitrogens with one attached hydrogen (secondary N) is 1. The van der Waals surface area contributed by atoms with Gasteiger partial charge in [-0.2, -0.15) is 4.31 Å². The summed E-state index contributed by atoms with van der Waals surface area (Å²) in [5, 5.41) is 13.8. The van der Waals surface area contributed by atoms with Crippen molar-refractivity contribution in [2.45, 2.75) is 50.3 Å². The zero-order valence-electron chi connectivity index (χ0n) is 19.0. The van der Waals surface area contributed by atoms with Crippen LogP contribution in [0.1, 0.15) is 50.0 Å². The summed E-state index contributed by atoms with van der Waals surface area (Å²) in [5.74, 6) is 1.60. The monoisotopic (exact) mass is 475 g/mol. The second kappa shape index (κ2) is 9.24. The molecule has 11 heteroatoms. The van der Waals surface area contributed by atoms with E-state index in [0.717, 1.165) is 35.8 Å². The molecule has 2 heterocycles. The fourth-order valence-electron chi connectivity index (χ4n) is 4.34. The van der Waals surface area contributed by atoms with Crippen molar-refractivity contribution < 1.29 is 18.3 Å². The van der Waals surface area contributed by atoms with E-state index < -0.39 is 10.0 Å². The number of aliphatic hydroxyl groups is 1. The van der Waals surface area contributed by atoms with Gasteiger partial charge in [0.1, 0.15) is 11.6 Å². The Balaban J connectivity index is 1.91. The predicted molar refractivity (Wildman–Crippen MR) is 123 cm³/mol. The first-order valence-electron chi connectivity index (χ1n) is 11.1. The molecule has 3 aromatic rings. The van der Waals surface area contributed by atoms with Gasteiger partial charge in [0.2, 0.25) is 10.0 Å². The number of aryl methyl sites for hydroxylation is 1. The standard InChI is InChI=1S/C22H29N5O5S/c1-4-32-18-10-9-16(33(30,31)26(3)11-12-28)13-17(18)20-24-22(29)19-14(2)23-21(27(19)25-20)15-7-5-6-8-15/h9-10,13,15,28H,4-8,11-12H2,1-3H3,(H,24,25,29). The van der Waals surface area contributed by atoms with Crippen molar-refractivity contribution in [1.82, 2.24) is 23.9 Å². The molecule has 0 bridgehead atoms. The molecule has 0 spiro atoms. The maximum absolute atomic E-state index is 13.0. The van der Waals surface area contributed by atoms with Crippen LogP contribution < -0.4 is 10.3 Å². The molecule has 0 atom stereocenters. The first-order chi connectivity index (χ1) is 15.8. The van der Waals surface area contributed by atoms with E-state index in [0.29, 0.717) is 29.1 Å². The Morgan fingerprint density at radius 1 is 1.30 bits per heavy atom. The number of benzene rings is 1. The van der Waals surface area contributed by atoms with Gasteiger partial charge < -0.3 is 14.8 Å². The number of aromatic nitrogens is 4. The summed E-state index contributed by atoms with van der Waals surface area (Å²) in [6, 6.07) is 4.44. The van der Waals surface area contributed by atoms with Crippen LogP contribution in [-0.4, -0.2) is 64.2 Å². The Kier molecular flexibility index (Phi) is 6.55. The molecule has 1 fully saturated rings. The average molecular weight is 476 g/mol. The lowest BCUT2D eigenvalue weighted by Crippen LogP contribution is -2.29. The second-order valence-corrected chi connectivity index (χ2v) is 10.3. The number of nitrogens with zero attached hydrogens (tertiary/aromatic N) is 4. The minimum atomic E-state index is -3.85. The molecule has 0 saturated heterocycles. The highest BCUT2D eigenvalue weighted by atomic mass is 32.2. The van der Waals surface area contributed by atoms with Crippen molar-refractivity contribution in [2.24, 2.45) is 0 Å². The van der Waals surface area contributed by atoms with Crippen molar-refractivity contribution in [2.75, 3.05) is 26.8 Å². The molecule has 33 heavy (non-hydrogen) atoms. The van der Waals surface area contributed by atoms with Crippen molar-refractivity contribution in [3.8, 4) is 17.1 Å². The summed E-state index contributed by atoms with van der Waals surface area (Å²) in [5.41, 5.74) is 1.02. The fraction of sp³-hybridized carbons (Fsp3) is 0.500. The molecule has 178 valence electrons. The molecule has 1 aliphatic rings. The van der Waals surface area contributed by atoms with Crippen LogP contribution in [0.25, 0.3) is 16.9 Å². The Bertz CT molecular complexity index is 1320. The Morgan fingerprint density at radius 2 is 2.03 bits per heavy atom. The Labute approximate surface area is 192 Å². The van der Waals surface area contributed by atoms with Crippen LogP contribution in [0.5, 0.6) is 5.75 Å². The number of hydrogen-bond donors (Lipinski definition) is 2. The lowest BCUT2D eigenvalue weighted by atomic mass is 10.1. The normalized spacial score (nSPS) is 15.1. The summed E-state index contributed by atoms with van der Waals surface area (Å²) < 4.78 is 34.3. The number of aliphatic hydroxyl groups excluding tert-OH is 1. The topological polar surface area (TPSA) is 130 Å². The molecule has 0 amide bonds. The number of aromatic amines is 1. The third kappa shape index (κ3) is 4.28. The fourth-order valence-corrected chi connectivity index (χ4v) is 5.53. The number of rotatable bonds is 8. The van der Waals surface area contributed by atoms with Crippen molar-refractivity contribution in [3.63, 3.8) is 0 Å². The van der Waals surface area contributed by atoms with Gasteiger partial charge in [0.15, 0.2) is 11.3 Å². The average Bonchev–Trinajstić information content (AvgIpc) is 3.42. The smallest absolute Gasteiger partial charge is 0.277 e. The summed E-state index contributed by atoms with van der Waals surface area (Å²) >= 11 is 0. The summed E-state index contributed by atoms with van der Waals surface area (Å²) in [6.07, 6.45) is 4.23. The van der Waals surface area contributed by atoms with E-state index in [1.165, 1.54) is 19.2 Å². The van der Waals surface area contributed by atoms with Crippen LogP contribution in [0.4, 0.5) is 0 Å². The van der Waals surface area contributed by atoms with E-state index in [-0.39, 0.29) is 35.3 Å². The zero-order valence-corrected chi connectivity index (χ0v) is 19.9. The van der Waals surface area contributed by atoms with Gasteiger partial charge in [0.05, 0.1) is 29.4 Å². The minimum Gasteiger partial charge on any atom is -0.493 e. The molecule has 1 saturated carbocycles. The van der Waals surface area contributed by atoms with Crippen molar-refractivity contribution in [1.29, 1.82) is 0 Å². The SMILES string of the molecule is CCOc1ccc(S(=O)(=O)N(C)CCO)cc1-c1nn2c(C3CCCC3)nc(C)c2c(=O)[nH]1. The summed E-state index contributed by atoms with van der Waals surface area (Å²) in [7, 11) is -2.46.